The van der Waals surface area contributed by atoms with Crippen molar-refractivity contribution < 1.29 is 4.42 Å². The van der Waals surface area contributed by atoms with Crippen LogP contribution in [-0.4, -0.2) is 24.1 Å². The van der Waals surface area contributed by atoms with E-state index in [-0.39, 0.29) is 0 Å². The van der Waals surface area contributed by atoms with Crippen LogP contribution in [0, 0.1) is 0 Å². The van der Waals surface area contributed by atoms with Crippen LogP contribution in [0.15, 0.2) is 235 Å². The lowest BCUT2D eigenvalue weighted by Gasteiger charge is -2.10. The topological polar surface area (TPSA) is 61.7 Å². The molecule has 0 saturated carbocycles. The summed E-state index contributed by atoms with van der Waals surface area (Å²) in [6, 6.07) is 76.8. The molecule has 0 unspecified atom stereocenters. The van der Waals surface area contributed by atoms with Crippen LogP contribution >= 0.6 is 0 Å². The Hall–Kier alpha value is -9.39. The van der Waals surface area contributed by atoms with Crippen LogP contribution < -0.4 is 0 Å². The number of hydrogen-bond donors (Lipinski definition) is 0. The van der Waals surface area contributed by atoms with Crippen molar-refractivity contribution in [1.29, 1.82) is 0 Å². The summed E-state index contributed by atoms with van der Waals surface area (Å²) in [5.41, 5.74) is 16.9. The largest absolute Gasteiger partial charge is 0.455 e. The molecule has 70 heavy (non-hydrogen) atoms. The van der Waals surface area contributed by atoms with Gasteiger partial charge in [-0.25, -0.2) is 15.0 Å². The fraction of sp³-hybridized carbons (Fsp3) is 0.0156. The van der Waals surface area contributed by atoms with Gasteiger partial charge >= 0.3 is 0 Å². The molecule has 1 aliphatic rings. The highest BCUT2D eigenvalue weighted by Gasteiger charge is 2.23. The predicted octanol–water partition coefficient (Wildman–Crippen LogP) is 16.1. The van der Waals surface area contributed by atoms with Crippen LogP contribution in [0.3, 0.4) is 0 Å². The lowest BCUT2D eigenvalue weighted by molar-refractivity contribution is 0.670. The molecule has 4 aromatic heterocycles. The second kappa shape index (κ2) is 16.1. The highest BCUT2D eigenvalue weighted by molar-refractivity contribution is 6.14. The fourth-order valence-electron chi connectivity index (χ4n) is 10.6. The summed E-state index contributed by atoms with van der Waals surface area (Å²) in [6.45, 7) is 0. The van der Waals surface area contributed by atoms with Crippen molar-refractivity contribution in [1.82, 2.24) is 24.1 Å². The van der Waals surface area contributed by atoms with Crippen LogP contribution in [-0.2, 0) is 6.42 Å². The maximum Gasteiger partial charge on any atom is 0.167 e. The Labute approximate surface area is 403 Å². The van der Waals surface area contributed by atoms with Crippen molar-refractivity contribution in [2.45, 2.75) is 6.42 Å². The van der Waals surface area contributed by atoms with Gasteiger partial charge in [-0.2, -0.15) is 0 Å². The number of rotatable bonds is 7. The van der Waals surface area contributed by atoms with Crippen LogP contribution in [0.4, 0.5) is 0 Å². The SMILES string of the molecule is C1=CC(c2ccc3c(c2)c2ccccc2n3-c2ccccc2)=Cc2c(n(-c3ccccc3)c3ccc(-c4cccc5c4oc4c(-c6nc(-c7ccccc7)nc(-c7ccccc7)n6)cccc45)cc23)C1. The molecule has 0 fully saturated rings. The van der Waals surface area contributed by atoms with Gasteiger partial charge < -0.3 is 13.6 Å². The second-order valence-corrected chi connectivity index (χ2v) is 17.9. The molecule has 0 atom stereocenters. The van der Waals surface area contributed by atoms with E-state index in [0.717, 1.165) is 73.1 Å². The third kappa shape index (κ3) is 6.45. The summed E-state index contributed by atoms with van der Waals surface area (Å²) in [5.74, 6) is 1.77. The predicted molar refractivity (Wildman–Crippen MR) is 287 cm³/mol. The first-order valence-corrected chi connectivity index (χ1v) is 23.7. The maximum atomic E-state index is 7.08. The molecule has 0 bridgehead atoms. The number of fused-ring (bicyclic) bond motifs is 9. The molecule has 0 aliphatic heterocycles. The summed E-state index contributed by atoms with van der Waals surface area (Å²) in [5, 5.41) is 5.69. The minimum Gasteiger partial charge on any atom is -0.455 e. The van der Waals surface area contributed by atoms with Gasteiger partial charge in [0.15, 0.2) is 17.5 Å². The van der Waals surface area contributed by atoms with E-state index in [1.54, 1.807) is 0 Å². The smallest absolute Gasteiger partial charge is 0.167 e. The summed E-state index contributed by atoms with van der Waals surface area (Å²) < 4.78 is 11.9. The lowest BCUT2D eigenvalue weighted by Crippen LogP contribution is -2.00. The zero-order chi connectivity index (χ0) is 46.1. The van der Waals surface area contributed by atoms with Gasteiger partial charge in [-0.15, -0.1) is 0 Å². The van der Waals surface area contributed by atoms with Gasteiger partial charge in [0.2, 0.25) is 0 Å². The van der Waals surface area contributed by atoms with Gasteiger partial charge in [-0.05, 0) is 83.4 Å². The van der Waals surface area contributed by atoms with Crippen LogP contribution in [0.1, 0.15) is 16.8 Å². The van der Waals surface area contributed by atoms with Gasteiger partial charge in [-0.3, -0.25) is 0 Å². The first kappa shape index (κ1) is 39.7. The molecule has 4 heterocycles. The van der Waals surface area contributed by atoms with E-state index >= 15 is 0 Å². The summed E-state index contributed by atoms with van der Waals surface area (Å²) in [4.78, 5) is 15.1. The van der Waals surface area contributed by atoms with Crippen LogP contribution in [0.5, 0.6) is 0 Å². The van der Waals surface area contributed by atoms with Crippen molar-refractivity contribution >= 4 is 66.3 Å². The Morgan fingerprint density at radius 3 is 1.57 bits per heavy atom. The number of para-hydroxylation sites is 5. The maximum absolute atomic E-state index is 7.08. The molecular formula is C64H41N5O. The normalized spacial score (nSPS) is 12.5. The van der Waals surface area contributed by atoms with Crippen molar-refractivity contribution in [3.8, 4) is 56.7 Å². The average Bonchev–Trinajstić information content (AvgIpc) is 4.02. The standard InChI is InChI=1S/C64H41N5O/c1-5-18-41(19-6-1)62-65-63(42-20-7-2-8-21-42)67-64(66-62)52-31-17-30-51-50-29-16-28-48(60(50)70-61(51)52)45-35-37-59-55(40-45)54-38-43(22-15-33-57(54)69(59)47-25-11-4-12-26-47)44-34-36-58-53(39-44)49-27-13-14-32-56(49)68(58)46-23-9-3-10-24-46/h1-32,34-40H,33H2. The Balaban J connectivity index is 0.936. The van der Waals surface area contributed by atoms with E-state index < -0.39 is 0 Å². The van der Waals surface area contributed by atoms with Crippen molar-refractivity contribution in [3.05, 3.63) is 247 Å². The van der Waals surface area contributed by atoms with Crippen molar-refractivity contribution in [2.75, 3.05) is 0 Å². The molecule has 13 aromatic rings. The first-order chi connectivity index (χ1) is 34.7. The molecule has 328 valence electrons. The molecule has 9 aromatic carbocycles. The lowest BCUT2D eigenvalue weighted by atomic mass is 9.97. The molecule has 0 saturated heterocycles. The molecule has 0 amide bonds. The zero-order valence-electron chi connectivity index (χ0n) is 37.9. The van der Waals surface area contributed by atoms with Crippen molar-refractivity contribution in [2.24, 2.45) is 0 Å². The molecule has 0 N–H and O–H groups in total. The molecule has 1 aliphatic carbocycles. The van der Waals surface area contributed by atoms with E-state index in [2.05, 4.69) is 179 Å². The first-order valence-electron chi connectivity index (χ1n) is 23.7. The Morgan fingerprint density at radius 2 is 0.886 bits per heavy atom. The van der Waals surface area contributed by atoms with E-state index in [1.807, 2.05) is 66.7 Å². The highest BCUT2D eigenvalue weighted by atomic mass is 16.3. The molecular weight excluding hydrogens is 855 g/mol. The average molecular weight is 896 g/mol. The van der Waals surface area contributed by atoms with E-state index in [1.165, 1.54) is 49.6 Å². The second-order valence-electron chi connectivity index (χ2n) is 17.9. The third-order valence-electron chi connectivity index (χ3n) is 13.8. The molecule has 0 radical (unpaired) electrons. The number of benzene rings is 9. The third-order valence-corrected chi connectivity index (χ3v) is 13.8. The van der Waals surface area contributed by atoms with Gasteiger partial charge in [0.25, 0.3) is 0 Å². The summed E-state index contributed by atoms with van der Waals surface area (Å²) in [6.07, 6.45) is 7.80. The minimum atomic E-state index is 0.558. The van der Waals surface area contributed by atoms with Gasteiger partial charge in [-0.1, -0.05) is 170 Å². The molecule has 6 heteroatoms. The van der Waals surface area contributed by atoms with Gasteiger partial charge in [0.1, 0.15) is 11.2 Å². The number of aromatic nitrogens is 5. The Bertz CT molecular complexity index is 4180. The van der Waals surface area contributed by atoms with Crippen LogP contribution in [0.25, 0.3) is 123 Å². The highest BCUT2D eigenvalue weighted by Crippen LogP contribution is 2.43. The van der Waals surface area contributed by atoms with E-state index in [9.17, 15) is 0 Å². The van der Waals surface area contributed by atoms with E-state index in [0.29, 0.717) is 17.5 Å². The zero-order valence-corrected chi connectivity index (χ0v) is 37.9. The number of furan rings is 1. The molecule has 14 rings (SSSR count). The van der Waals surface area contributed by atoms with Crippen molar-refractivity contribution in [3.63, 3.8) is 0 Å². The number of hydrogen-bond acceptors (Lipinski definition) is 4. The van der Waals surface area contributed by atoms with E-state index in [4.69, 9.17) is 19.4 Å². The number of allylic oxidation sites excluding steroid dienone is 3. The summed E-state index contributed by atoms with van der Waals surface area (Å²) >= 11 is 0. The fourth-order valence-corrected chi connectivity index (χ4v) is 10.6. The van der Waals surface area contributed by atoms with Crippen LogP contribution in [0.2, 0.25) is 0 Å². The van der Waals surface area contributed by atoms with Gasteiger partial charge in [0, 0.05) is 72.7 Å². The quantitative estimate of drug-likeness (QED) is 0.160. The Morgan fingerprint density at radius 1 is 0.371 bits per heavy atom. The molecule has 6 nitrogen and oxygen atoms in total. The Kier molecular flexibility index (Phi) is 9.17. The molecule has 0 spiro atoms. The summed E-state index contributed by atoms with van der Waals surface area (Å²) in [7, 11) is 0. The monoisotopic (exact) mass is 895 g/mol. The van der Waals surface area contributed by atoms with Gasteiger partial charge in [0.05, 0.1) is 22.1 Å². The number of nitrogens with zero attached hydrogens (tertiary/aromatic N) is 5. The minimum absolute atomic E-state index is 0.558.